The van der Waals surface area contributed by atoms with E-state index in [0.29, 0.717) is 16.9 Å². The Morgan fingerprint density at radius 1 is 1.22 bits per heavy atom. The number of carboxylic acids is 1. The third-order valence-corrected chi connectivity index (χ3v) is 5.56. The van der Waals surface area contributed by atoms with E-state index in [4.69, 9.17) is 10.1 Å². The molecule has 3 N–H and O–H groups in total. The van der Waals surface area contributed by atoms with Crippen molar-refractivity contribution in [3.05, 3.63) is 53.5 Å². The largest absolute Gasteiger partial charge is 0.478 e. The lowest BCUT2D eigenvalue weighted by molar-refractivity contribution is 0.0699. The molecule has 2 aliphatic rings. The van der Waals surface area contributed by atoms with Gasteiger partial charge in [-0.3, -0.25) is 0 Å². The highest BCUT2D eigenvalue weighted by Crippen LogP contribution is 2.51. The van der Waals surface area contributed by atoms with E-state index < -0.39 is 11.5 Å². The van der Waals surface area contributed by atoms with Crippen molar-refractivity contribution in [1.29, 1.82) is 0 Å². The van der Waals surface area contributed by atoms with Gasteiger partial charge in [0, 0.05) is 11.8 Å². The number of benzene rings is 1. The van der Waals surface area contributed by atoms with E-state index in [1.165, 1.54) is 6.20 Å². The fraction of sp³-hybridized carbons (Fsp3) is 0.316. The second-order valence-electron chi connectivity index (χ2n) is 6.97. The van der Waals surface area contributed by atoms with Crippen molar-refractivity contribution in [1.82, 2.24) is 20.3 Å². The molecule has 1 atom stereocenters. The number of hydrogen-bond donors (Lipinski definition) is 3. The van der Waals surface area contributed by atoms with Gasteiger partial charge >= 0.3 is 5.97 Å². The van der Waals surface area contributed by atoms with Crippen LogP contribution in [-0.2, 0) is 5.54 Å². The van der Waals surface area contributed by atoms with Gasteiger partial charge in [-0.15, -0.1) is 0 Å². The molecule has 3 aromatic rings. The molecule has 2 aromatic heterocycles. The summed E-state index contributed by atoms with van der Waals surface area (Å²) in [6.45, 7) is 1.81. The number of aromatic carboxylic acids is 1. The molecule has 0 bridgehead atoms. The maximum absolute atomic E-state index is 11.6. The minimum absolute atomic E-state index is 0.114. The number of aromatic nitrogens is 3. The van der Waals surface area contributed by atoms with Gasteiger partial charge in [0.2, 0.25) is 0 Å². The monoisotopic (exact) mass is 362 g/mol. The molecule has 4 heterocycles. The first-order valence-electron chi connectivity index (χ1n) is 9.01. The topological polar surface area (TPSA) is 116 Å². The molecular formula is C19H18N6O2. The number of aromatic amines is 1. The van der Waals surface area contributed by atoms with Crippen LogP contribution in [0.5, 0.6) is 0 Å². The average molecular weight is 362 g/mol. The smallest absolute Gasteiger partial charge is 0.339 e. The lowest BCUT2D eigenvalue weighted by Crippen LogP contribution is -2.41. The number of hydrogen-bond acceptors (Lipinski definition) is 6. The average Bonchev–Trinajstić information content (AvgIpc) is 3.31. The van der Waals surface area contributed by atoms with Crippen LogP contribution in [0.3, 0.4) is 0 Å². The van der Waals surface area contributed by atoms with Crippen LogP contribution in [0.25, 0.3) is 11.2 Å². The molecular weight excluding hydrogens is 344 g/mol. The van der Waals surface area contributed by atoms with Gasteiger partial charge < -0.3 is 15.4 Å². The molecule has 0 amide bonds. The van der Waals surface area contributed by atoms with Crippen molar-refractivity contribution < 1.29 is 9.90 Å². The van der Waals surface area contributed by atoms with Crippen molar-refractivity contribution in [2.45, 2.75) is 18.4 Å². The minimum atomic E-state index is -1.03. The Hall–Kier alpha value is -3.13. The molecule has 0 spiro atoms. The van der Waals surface area contributed by atoms with E-state index in [1.807, 2.05) is 24.3 Å². The first kappa shape index (κ1) is 16.1. The third-order valence-electron chi connectivity index (χ3n) is 5.56. The Balaban J connectivity index is 1.75. The minimum Gasteiger partial charge on any atom is -0.478 e. The molecule has 8 nitrogen and oxygen atoms in total. The summed E-state index contributed by atoms with van der Waals surface area (Å²) in [5, 5.41) is 22.0. The fourth-order valence-electron chi connectivity index (χ4n) is 4.25. The third kappa shape index (κ3) is 2.30. The Morgan fingerprint density at radius 2 is 2.04 bits per heavy atom. The Morgan fingerprint density at radius 3 is 2.85 bits per heavy atom. The maximum Gasteiger partial charge on any atom is 0.339 e. The number of rotatable bonds is 3. The summed E-state index contributed by atoms with van der Waals surface area (Å²) in [6.07, 6.45) is 5.00. The summed E-state index contributed by atoms with van der Waals surface area (Å²) in [5.41, 5.74) is 2.70. The van der Waals surface area contributed by atoms with E-state index in [2.05, 4.69) is 20.4 Å². The van der Waals surface area contributed by atoms with Gasteiger partial charge in [0.25, 0.3) is 0 Å². The van der Waals surface area contributed by atoms with Crippen LogP contribution >= 0.6 is 0 Å². The first-order valence-corrected chi connectivity index (χ1v) is 9.01. The lowest BCUT2D eigenvalue weighted by Gasteiger charge is -2.36. The van der Waals surface area contributed by atoms with E-state index in [-0.39, 0.29) is 11.5 Å². The van der Waals surface area contributed by atoms with E-state index in [0.717, 1.165) is 37.2 Å². The summed E-state index contributed by atoms with van der Waals surface area (Å²) in [7, 11) is 0. The van der Waals surface area contributed by atoms with Crippen molar-refractivity contribution >= 4 is 22.8 Å². The number of fused-ring (bicyclic) bond motifs is 2. The lowest BCUT2D eigenvalue weighted by atomic mass is 9.72. The molecule has 8 heteroatoms. The van der Waals surface area contributed by atoms with Gasteiger partial charge in [0.05, 0.1) is 17.6 Å². The number of carboxylic acid groups (broad SMARTS) is 1. The fourth-order valence-corrected chi connectivity index (χ4v) is 4.25. The molecule has 1 aromatic carbocycles. The zero-order chi connectivity index (χ0) is 18.4. The number of H-pyrrole nitrogens is 1. The molecule has 5 rings (SSSR count). The number of nitrogens with one attached hydrogen (secondary N) is 2. The summed E-state index contributed by atoms with van der Waals surface area (Å²) >= 11 is 0. The number of nitrogens with zero attached hydrogens (tertiary/aromatic N) is 4. The Kier molecular flexibility index (Phi) is 3.54. The van der Waals surface area contributed by atoms with E-state index in [9.17, 15) is 9.90 Å². The standard InChI is InChI=1S/C19H18N6O2/c26-18(27)12-9-21-17-16(12)23-15(10-22-17)19(11-5-7-20-8-6-11)13-3-1-2-4-14(13)24-25-19/h1-4,9-11,20H,5-8H2,(H,21,22)(H,26,27). The molecule has 0 radical (unpaired) electrons. The number of azo groups is 1. The molecule has 1 unspecified atom stereocenters. The molecule has 2 aliphatic heterocycles. The highest BCUT2D eigenvalue weighted by atomic mass is 16.4. The van der Waals surface area contributed by atoms with Crippen LogP contribution < -0.4 is 5.32 Å². The van der Waals surface area contributed by atoms with Gasteiger partial charge in [-0.1, -0.05) is 18.2 Å². The summed E-state index contributed by atoms with van der Waals surface area (Å²) in [5.74, 6) is -0.817. The molecule has 0 saturated carbocycles. The maximum atomic E-state index is 11.6. The van der Waals surface area contributed by atoms with Gasteiger partial charge in [-0.05, 0) is 37.9 Å². The SMILES string of the molecule is O=C(O)c1c[nH]c2ncc(C3(C4CCNCC4)N=Nc4ccccc43)nc12. The second kappa shape index (κ2) is 5.95. The molecule has 0 aliphatic carbocycles. The Bertz CT molecular complexity index is 1070. The zero-order valence-electron chi connectivity index (χ0n) is 14.5. The normalized spacial score (nSPS) is 22.2. The number of piperidine rings is 1. The van der Waals surface area contributed by atoms with Crippen molar-refractivity contribution in [3.63, 3.8) is 0 Å². The van der Waals surface area contributed by atoms with Crippen molar-refractivity contribution in [2.75, 3.05) is 13.1 Å². The molecule has 27 heavy (non-hydrogen) atoms. The summed E-state index contributed by atoms with van der Waals surface area (Å²) < 4.78 is 0. The predicted molar refractivity (Wildman–Crippen MR) is 98.2 cm³/mol. The first-order chi connectivity index (χ1) is 13.2. The second-order valence-corrected chi connectivity index (χ2v) is 6.97. The van der Waals surface area contributed by atoms with Crippen molar-refractivity contribution in [2.24, 2.45) is 16.1 Å². The highest BCUT2D eigenvalue weighted by Gasteiger charge is 2.48. The van der Waals surface area contributed by atoms with Crippen LogP contribution in [0.2, 0.25) is 0 Å². The van der Waals surface area contributed by atoms with E-state index in [1.54, 1.807) is 6.20 Å². The highest BCUT2D eigenvalue weighted by molar-refractivity contribution is 6.00. The molecule has 136 valence electrons. The van der Waals surface area contributed by atoms with Crippen LogP contribution in [0, 0.1) is 5.92 Å². The van der Waals surface area contributed by atoms with Gasteiger partial charge in [-0.25, -0.2) is 14.8 Å². The van der Waals surface area contributed by atoms with Crippen LogP contribution in [0.1, 0.15) is 34.5 Å². The van der Waals surface area contributed by atoms with Gasteiger partial charge in [0.1, 0.15) is 11.1 Å². The quantitative estimate of drug-likeness (QED) is 0.662. The predicted octanol–water partition coefficient (Wildman–Crippen LogP) is 3.00. The molecule has 1 saturated heterocycles. The zero-order valence-corrected chi connectivity index (χ0v) is 14.5. The van der Waals surface area contributed by atoms with E-state index >= 15 is 0 Å². The number of carbonyl (C=O) groups is 1. The summed E-state index contributed by atoms with van der Waals surface area (Å²) in [4.78, 5) is 23.6. The van der Waals surface area contributed by atoms with Crippen molar-refractivity contribution in [3.8, 4) is 0 Å². The molecule has 1 fully saturated rings. The van der Waals surface area contributed by atoms with Crippen LogP contribution in [-0.4, -0.2) is 39.1 Å². The Labute approximate surface area is 154 Å². The summed E-state index contributed by atoms with van der Waals surface area (Å²) in [6, 6.07) is 7.92. The van der Waals surface area contributed by atoms with Crippen LogP contribution in [0.4, 0.5) is 5.69 Å². The van der Waals surface area contributed by atoms with Crippen LogP contribution in [0.15, 0.2) is 46.9 Å². The van der Waals surface area contributed by atoms with Gasteiger partial charge in [0.15, 0.2) is 11.2 Å². The van der Waals surface area contributed by atoms with Gasteiger partial charge in [-0.2, -0.15) is 10.2 Å².